The van der Waals surface area contributed by atoms with E-state index >= 15 is 0 Å². The van der Waals surface area contributed by atoms with Crippen LogP contribution >= 0.6 is 11.3 Å². The molecule has 2 aromatic rings. The van der Waals surface area contributed by atoms with Gasteiger partial charge < -0.3 is 5.11 Å². The number of aromatic nitrogens is 1. The molecule has 1 aromatic heterocycles. The third-order valence-corrected chi connectivity index (χ3v) is 3.32. The molecule has 1 aromatic carbocycles. The molecule has 0 bridgehead atoms. The minimum absolute atomic E-state index is 0.141. The van der Waals surface area contributed by atoms with Crippen LogP contribution in [0, 0.1) is 13.8 Å². The summed E-state index contributed by atoms with van der Waals surface area (Å²) in [5.41, 5.74) is 4.85. The number of thiazole rings is 1. The topological polar surface area (TPSA) is 50.2 Å². The van der Waals surface area contributed by atoms with Gasteiger partial charge in [-0.1, -0.05) is 18.2 Å². The Morgan fingerprint density at radius 1 is 1.31 bits per heavy atom. The monoisotopic (exact) mass is 233 g/mol. The third-order valence-electron chi connectivity index (χ3n) is 2.48. The van der Waals surface area contributed by atoms with Gasteiger partial charge in [0.15, 0.2) is 5.69 Å². The van der Waals surface area contributed by atoms with Gasteiger partial charge in [-0.15, -0.1) is 11.3 Å². The van der Waals surface area contributed by atoms with Crippen LogP contribution in [-0.4, -0.2) is 16.1 Å². The van der Waals surface area contributed by atoms with Crippen LogP contribution in [0.2, 0.25) is 0 Å². The van der Waals surface area contributed by atoms with Crippen LogP contribution in [0.15, 0.2) is 23.7 Å². The molecule has 0 amide bonds. The van der Waals surface area contributed by atoms with Crippen LogP contribution in [0.25, 0.3) is 10.4 Å². The minimum Gasteiger partial charge on any atom is -0.476 e. The van der Waals surface area contributed by atoms with E-state index in [-0.39, 0.29) is 5.69 Å². The van der Waals surface area contributed by atoms with Gasteiger partial charge in [-0.05, 0) is 25.0 Å². The van der Waals surface area contributed by atoms with Crippen molar-refractivity contribution in [2.75, 3.05) is 0 Å². The van der Waals surface area contributed by atoms with Crippen molar-refractivity contribution in [3.63, 3.8) is 0 Å². The summed E-state index contributed by atoms with van der Waals surface area (Å²) in [6.07, 6.45) is 0. The lowest BCUT2D eigenvalue weighted by Gasteiger charge is -2.07. The zero-order valence-corrected chi connectivity index (χ0v) is 9.84. The minimum atomic E-state index is -0.973. The maximum absolute atomic E-state index is 11.0. The van der Waals surface area contributed by atoms with E-state index in [1.165, 1.54) is 11.3 Å². The second-order valence-corrected chi connectivity index (χ2v) is 4.46. The molecule has 2 rings (SSSR count). The molecule has 0 aliphatic carbocycles. The number of aryl methyl sites for hydroxylation is 2. The molecule has 0 unspecified atom stereocenters. The fraction of sp³-hybridized carbons (Fsp3) is 0.167. The summed E-state index contributed by atoms with van der Waals surface area (Å²) in [4.78, 5) is 15.7. The van der Waals surface area contributed by atoms with Crippen molar-refractivity contribution in [2.45, 2.75) is 13.8 Å². The first kappa shape index (κ1) is 10.8. The number of rotatable bonds is 2. The van der Waals surface area contributed by atoms with Gasteiger partial charge in [0.25, 0.3) is 0 Å². The number of benzene rings is 1. The molecule has 0 atom stereocenters. The normalized spacial score (nSPS) is 10.4. The van der Waals surface area contributed by atoms with Gasteiger partial charge in [0.05, 0.1) is 10.4 Å². The zero-order chi connectivity index (χ0) is 11.7. The van der Waals surface area contributed by atoms with E-state index in [1.807, 2.05) is 32.0 Å². The van der Waals surface area contributed by atoms with E-state index in [4.69, 9.17) is 5.11 Å². The van der Waals surface area contributed by atoms with Gasteiger partial charge in [-0.3, -0.25) is 0 Å². The van der Waals surface area contributed by atoms with E-state index in [2.05, 4.69) is 4.98 Å². The predicted molar refractivity (Wildman–Crippen MR) is 64.0 cm³/mol. The van der Waals surface area contributed by atoms with Crippen LogP contribution in [0.1, 0.15) is 21.6 Å². The third kappa shape index (κ3) is 1.72. The van der Waals surface area contributed by atoms with Gasteiger partial charge in [0.1, 0.15) is 0 Å². The lowest BCUT2D eigenvalue weighted by atomic mass is 10.0. The summed E-state index contributed by atoms with van der Waals surface area (Å²) in [6, 6.07) is 5.93. The van der Waals surface area contributed by atoms with Crippen molar-refractivity contribution in [1.82, 2.24) is 4.98 Å². The first-order valence-electron chi connectivity index (χ1n) is 4.84. The van der Waals surface area contributed by atoms with E-state index in [0.717, 1.165) is 21.6 Å². The van der Waals surface area contributed by atoms with Crippen molar-refractivity contribution >= 4 is 17.3 Å². The van der Waals surface area contributed by atoms with Gasteiger partial charge in [-0.2, -0.15) is 0 Å². The van der Waals surface area contributed by atoms with Crippen molar-refractivity contribution in [1.29, 1.82) is 0 Å². The number of nitrogens with zero attached hydrogens (tertiary/aromatic N) is 1. The highest BCUT2D eigenvalue weighted by Crippen LogP contribution is 2.32. The van der Waals surface area contributed by atoms with Gasteiger partial charge in [-0.25, -0.2) is 9.78 Å². The zero-order valence-electron chi connectivity index (χ0n) is 9.02. The lowest BCUT2D eigenvalue weighted by molar-refractivity contribution is 0.0692. The summed E-state index contributed by atoms with van der Waals surface area (Å²) >= 11 is 1.37. The van der Waals surface area contributed by atoms with Gasteiger partial charge in [0.2, 0.25) is 0 Å². The van der Waals surface area contributed by atoms with Crippen molar-refractivity contribution in [3.8, 4) is 10.4 Å². The maximum atomic E-state index is 11.0. The van der Waals surface area contributed by atoms with Gasteiger partial charge >= 0.3 is 5.97 Å². The van der Waals surface area contributed by atoms with E-state index < -0.39 is 5.97 Å². The first-order valence-corrected chi connectivity index (χ1v) is 5.72. The Labute approximate surface area is 97.4 Å². The molecular weight excluding hydrogens is 222 g/mol. The fourth-order valence-corrected chi connectivity index (χ4v) is 2.70. The number of carboxylic acid groups (broad SMARTS) is 1. The molecule has 0 aliphatic rings. The smallest absolute Gasteiger partial charge is 0.356 e. The Kier molecular flexibility index (Phi) is 2.75. The molecule has 4 heteroatoms. The molecular formula is C12H11NO2S. The maximum Gasteiger partial charge on any atom is 0.356 e. The number of aromatic carboxylic acids is 1. The van der Waals surface area contributed by atoms with Crippen molar-refractivity contribution < 1.29 is 9.90 Å². The molecule has 0 radical (unpaired) electrons. The molecule has 3 nitrogen and oxygen atoms in total. The Hall–Kier alpha value is -1.68. The largest absolute Gasteiger partial charge is 0.476 e. The summed E-state index contributed by atoms with van der Waals surface area (Å²) in [6.45, 7) is 3.96. The molecule has 1 heterocycles. The average Bonchev–Trinajstić information content (AvgIpc) is 2.66. The SMILES string of the molecule is Cc1cccc(C)c1-c1scnc1C(=O)O. The number of hydrogen-bond acceptors (Lipinski definition) is 3. The molecule has 0 fully saturated rings. The molecule has 0 spiro atoms. The molecule has 0 saturated carbocycles. The van der Waals surface area contributed by atoms with Crippen LogP contribution in [0.3, 0.4) is 0 Å². The van der Waals surface area contributed by atoms with Crippen molar-refractivity contribution in [2.24, 2.45) is 0 Å². The predicted octanol–water partition coefficient (Wildman–Crippen LogP) is 3.13. The highest BCUT2D eigenvalue weighted by molar-refractivity contribution is 7.13. The summed E-state index contributed by atoms with van der Waals surface area (Å²) in [5.74, 6) is -0.973. The Morgan fingerprint density at radius 3 is 2.50 bits per heavy atom. The van der Waals surface area contributed by atoms with E-state index in [1.54, 1.807) is 5.51 Å². The molecule has 16 heavy (non-hydrogen) atoms. The standard InChI is InChI=1S/C12H11NO2S/c1-7-4-3-5-8(2)9(7)11-10(12(14)15)13-6-16-11/h3-6H,1-2H3,(H,14,15). The average molecular weight is 233 g/mol. The molecule has 0 aliphatic heterocycles. The Bertz CT molecular complexity index is 525. The van der Waals surface area contributed by atoms with Crippen LogP contribution < -0.4 is 0 Å². The fourth-order valence-electron chi connectivity index (χ4n) is 1.75. The summed E-state index contributed by atoms with van der Waals surface area (Å²) < 4.78 is 0. The number of carboxylic acids is 1. The highest BCUT2D eigenvalue weighted by Gasteiger charge is 2.17. The van der Waals surface area contributed by atoms with Crippen LogP contribution in [0.4, 0.5) is 0 Å². The van der Waals surface area contributed by atoms with Crippen LogP contribution in [-0.2, 0) is 0 Å². The quantitative estimate of drug-likeness (QED) is 0.867. The second kappa shape index (κ2) is 4.06. The first-order chi connectivity index (χ1) is 7.61. The molecule has 82 valence electrons. The van der Waals surface area contributed by atoms with E-state index in [9.17, 15) is 4.79 Å². The lowest BCUT2D eigenvalue weighted by Crippen LogP contribution is -1.99. The van der Waals surface area contributed by atoms with E-state index in [0.29, 0.717) is 0 Å². The van der Waals surface area contributed by atoms with Gasteiger partial charge in [0, 0.05) is 5.56 Å². The number of carbonyl (C=O) groups is 1. The number of hydrogen-bond donors (Lipinski definition) is 1. The Morgan fingerprint density at radius 2 is 1.94 bits per heavy atom. The Balaban J connectivity index is 2.68. The highest BCUT2D eigenvalue weighted by atomic mass is 32.1. The summed E-state index contributed by atoms with van der Waals surface area (Å²) in [5, 5.41) is 9.04. The van der Waals surface area contributed by atoms with Crippen LogP contribution in [0.5, 0.6) is 0 Å². The molecule has 0 saturated heterocycles. The molecule has 1 N–H and O–H groups in total. The summed E-state index contributed by atoms with van der Waals surface area (Å²) in [7, 11) is 0. The van der Waals surface area contributed by atoms with Crippen molar-refractivity contribution in [3.05, 3.63) is 40.5 Å². The second-order valence-electron chi connectivity index (χ2n) is 3.60.